The highest BCUT2D eigenvalue weighted by Gasteiger charge is 2.17. The Bertz CT molecular complexity index is 448. The van der Waals surface area contributed by atoms with Crippen LogP contribution in [0.5, 0.6) is 0 Å². The number of nitrogens with one attached hydrogen (secondary N) is 1. The van der Waals surface area contributed by atoms with Gasteiger partial charge in [0, 0.05) is 6.04 Å². The molecule has 0 aromatic carbocycles. The molecule has 0 radical (unpaired) electrons. The Morgan fingerprint density at radius 3 is 1.80 bits per heavy atom. The predicted molar refractivity (Wildman–Crippen MR) is 104 cm³/mol. The summed E-state index contributed by atoms with van der Waals surface area (Å²) in [5, 5.41) is 2.57. The van der Waals surface area contributed by atoms with Gasteiger partial charge in [-0.25, -0.2) is 0 Å². The molecule has 0 aliphatic carbocycles. The van der Waals surface area contributed by atoms with Crippen molar-refractivity contribution >= 4 is 16.0 Å². The summed E-state index contributed by atoms with van der Waals surface area (Å²) < 4.78 is 31.0. The van der Waals surface area contributed by atoms with Crippen molar-refractivity contribution in [1.29, 1.82) is 0 Å². The third-order valence-electron chi connectivity index (χ3n) is 4.35. The summed E-state index contributed by atoms with van der Waals surface area (Å²) in [6.45, 7) is 5.59. The van der Waals surface area contributed by atoms with Crippen LogP contribution in [0.15, 0.2) is 12.7 Å². The van der Waals surface area contributed by atoms with Crippen molar-refractivity contribution in [3.8, 4) is 0 Å². The molecule has 0 spiro atoms. The van der Waals surface area contributed by atoms with Gasteiger partial charge in [-0.05, 0) is 12.5 Å². The van der Waals surface area contributed by atoms with E-state index >= 15 is 0 Å². The molecule has 2 N–H and O–H groups in total. The van der Waals surface area contributed by atoms with Crippen LogP contribution < -0.4 is 5.32 Å². The molecule has 148 valence electrons. The highest BCUT2D eigenvalue weighted by molar-refractivity contribution is 7.85. The van der Waals surface area contributed by atoms with Gasteiger partial charge >= 0.3 is 0 Å². The maximum absolute atomic E-state index is 11.3. The molecule has 0 aromatic rings. The van der Waals surface area contributed by atoms with Gasteiger partial charge in [-0.2, -0.15) is 8.42 Å². The summed E-state index contributed by atoms with van der Waals surface area (Å²) in [7, 11) is -4.09. The number of hydrogen-bond donors (Lipinski definition) is 2. The number of hydrogen-bond acceptors (Lipinski definition) is 3. The number of carbonyl (C=O) groups excluding carboxylic acids is 1. The van der Waals surface area contributed by atoms with E-state index < -0.39 is 27.8 Å². The third kappa shape index (κ3) is 17.7. The Labute approximate surface area is 154 Å². The van der Waals surface area contributed by atoms with Gasteiger partial charge in [0.1, 0.15) is 0 Å². The van der Waals surface area contributed by atoms with E-state index in [0.717, 1.165) is 25.3 Å². The van der Waals surface area contributed by atoms with Gasteiger partial charge in [0.15, 0.2) is 0 Å². The highest BCUT2D eigenvalue weighted by atomic mass is 32.2. The molecule has 25 heavy (non-hydrogen) atoms. The van der Waals surface area contributed by atoms with Crippen molar-refractivity contribution in [1.82, 2.24) is 5.32 Å². The van der Waals surface area contributed by atoms with Crippen LogP contribution >= 0.6 is 0 Å². The van der Waals surface area contributed by atoms with Crippen molar-refractivity contribution in [3.63, 3.8) is 0 Å². The summed E-state index contributed by atoms with van der Waals surface area (Å²) in [6.07, 6.45) is 16.5. The third-order valence-corrected chi connectivity index (χ3v) is 5.17. The fraction of sp³-hybridized carbons (Fsp3) is 0.842. The summed E-state index contributed by atoms with van der Waals surface area (Å²) in [6, 6.07) is -0.552. The minimum atomic E-state index is -4.09. The van der Waals surface area contributed by atoms with Crippen molar-refractivity contribution in [2.75, 3.05) is 5.75 Å². The van der Waals surface area contributed by atoms with E-state index in [1.165, 1.54) is 57.8 Å². The lowest BCUT2D eigenvalue weighted by Gasteiger charge is -2.16. The fourth-order valence-corrected chi connectivity index (χ4v) is 3.70. The topological polar surface area (TPSA) is 83.5 Å². The van der Waals surface area contributed by atoms with Gasteiger partial charge in [-0.1, -0.05) is 90.6 Å². The molecule has 0 aliphatic heterocycles. The molecule has 0 fully saturated rings. The second kappa shape index (κ2) is 15.4. The average Bonchev–Trinajstić information content (AvgIpc) is 2.54. The molecule has 5 nitrogen and oxygen atoms in total. The van der Waals surface area contributed by atoms with Gasteiger partial charge in [-0.15, -0.1) is 0 Å². The molecule has 0 saturated heterocycles. The SMILES string of the molecule is C=CC(=O)NC(CCCCCCCCCCCCCC)CS(=O)(=O)O. The molecule has 0 aromatic heterocycles. The van der Waals surface area contributed by atoms with Crippen molar-refractivity contribution in [2.24, 2.45) is 0 Å². The quantitative estimate of drug-likeness (QED) is 0.220. The molecular weight excluding hydrogens is 338 g/mol. The van der Waals surface area contributed by atoms with Crippen LogP contribution in [-0.2, 0) is 14.9 Å². The number of carbonyl (C=O) groups is 1. The van der Waals surface area contributed by atoms with Gasteiger partial charge in [0.05, 0.1) is 5.75 Å². The summed E-state index contributed by atoms with van der Waals surface area (Å²) in [4.78, 5) is 11.3. The monoisotopic (exact) mass is 375 g/mol. The van der Waals surface area contributed by atoms with Crippen LogP contribution in [-0.4, -0.2) is 30.7 Å². The molecule has 1 unspecified atom stereocenters. The first-order valence-electron chi connectivity index (χ1n) is 9.77. The lowest BCUT2D eigenvalue weighted by Crippen LogP contribution is -2.38. The fourth-order valence-electron chi connectivity index (χ4n) is 2.94. The second-order valence-corrected chi connectivity index (χ2v) is 8.33. The first-order valence-corrected chi connectivity index (χ1v) is 11.4. The Balaban J connectivity index is 3.67. The zero-order valence-corrected chi connectivity index (χ0v) is 16.7. The van der Waals surface area contributed by atoms with Crippen LogP contribution in [0.2, 0.25) is 0 Å². The van der Waals surface area contributed by atoms with E-state index in [1.54, 1.807) is 0 Å². The number of amides is 1. The van der Waals surface area contributed by atoms with E-state index in [4.69, 9.17) is 4.55 Å². The van der Waals surface area contributed by atoms with Gasteiger partial charge in [0.2, 0.25) is 5.91 Å². The average molecular weight is 376 g/mol. The van der Waals surface area contributed by atoms with Gasteiger partial charge in [0.25, 0.3) is 10.1 Å². The lowest BCUT2D eigenvalue weighted by molar-refractivity contribution is -0.117. The zero-order valence-electron chi connectivity index (χ0n) is 15.8. The maximum Gasteiger partial charge on any atom is 0.266 e. The van der Waals surface area contributed by atoms with Crippen molar-refractivity contribution < 1.29 is 17.8 Å². The van der Waals surface area contributed by atoms with Crippen molar-refractivity contribution in [2.45, 2.75) is 96.4 Å². The summed E-state index contributed by atoms with van der Waals surface area (Å²) in [5.74, 6) is -0.850. The molecule has 0 rings (SSSR count). The van der Waals surface area contributed by atoms with E-state index in [0.29, 0.717) is 6.42 Å². The second-order valence-electron chi connectivity index (χ2n) is 6.84. The normalized spacial score (nSPS) is 12.7. The first-order chi connectivity index (χ1) is 11.9. The minimum Gasteiger partial charge on any atom is -0.349 e. The van der Waals surface area contributed by atoms with Crippen LogP contribution in [0, 0.1) is 0 Å². The number of rotatable bonds is 17. The molecule has 1 amide bonds. The molecular formula is C19H37NO4S. The molecule has 0 heterocycles. The Morgan fingerprint density at radius 1 is 0.960 bits per heavy atom. The van der Waals surface area contributed by atoms with Gasteiger partial charge < -0.3 is 5.32 Å². The molecule has 1 atom stereocenters. The Morgan fingerprint density at radius 2 is 1.40 bits per heavy atom. The Kier molecular flexibility index (Phi) is 14.8. The predicted octanol–water partition coefficient (Wildman–Crippen LogP) is 4.64. The Hall–Kier alpha value is -0.880. The molecule has 0 bridgehead atoms. The van der Waals surface area contributed by atoms with Crippen LogP contribution in [0.3, 0.4) is 0 Å². The first kappa shape index (κ1) is 24.1. The molecule has 6 heteroatoms. The van der Waals surface area contributed by atoms with E-state index in [2.05, 4.69) is 18.8 Å². The maximum atomic E-state index is 11.3. The zero-order chi connectivity index (χ0) is 19.0. The summed E-state index contributed by atoms with van der Waals surface area (Å²) in [5.41, 5.74) is 0. The molecule has 0 saturated carbocycles. The van der Waals surface area contributed by atoms with Crippen LogP contribution in [0.25, 0.3) is 0 Å². The number of unbranched alkanes of at least 4 members (excludes halogenated alkanes) is 11. The van der Waals surface area contributed by atoms with E-state index in [1.807, 2.05) is 0 Å². The largest absolute Gasteiger partial charge is 0.349 e. The standard InChI is InChI=1S/C19H37NO4S/c1-3-5-6-7-8-9-10-11-12-13-14-15-16-18(17-25(22,23)24)20-19(21)4-2/h4,18H,2-3,5-17H2,1H3,(H,20,21)(H,22,23,24). The van der Waals surface area contributed by atoms with Crippen LogP contribution in [0.4, 0.5) is 0 Å². The highest BCUT2D eigenvalue weighted by Crippen LogP contribution is 2.13. The smallest absolute Gasteiger partial charge is 0.266 e. The summed E-state index contributed by atoms with van der Waals surface area (Å²) >= 11 is 0. The van der Waals surface area contributed by atoms with Gasteiger partial charge in [-0.3, -0.25) is 9.35 Å². The lowest BCUT2D eigenvalue weighted by atomic mass is 10.0. The van der Waals surface area contributed by atoms with E-state index in [-0.39, 0.29) is 0 Å². The van der Waals surface area contributed by atoms with E-state index in [9.17, 15) is 13.2 Å². The van der Waals surface area contributed by atoms with Crippen molar-refractivity contribution in [3.05, 3.63) is 12.7 Å². The minimum absolute atomic E-state index is 0.410. The van der Waals surface area contributed by atoms with Crippen LogP contribution in [0.1, 0.15) is 90.4 Å². The molecule has 0 aliphatic rings.